The number of carbonyl (C=O) groups excluding carboxylic acids is 1. The second-order valence-corrected chi connectivity index (χ2v) is 4.15. The predicted octanol–water partition coefficient (Wildman–Crippen LogP) is 1.24. The van der Waals surface area contributed by atoms with Gasteiger partial charge in [0.2, 0.25) is 0 Å². The van der Waals surface area contributed by atoms with E-state index < -0.39 is 5.97 Å². The Morgan fingerprint density at radius 2 is 2.00 bits per heavy atom. The van der Waals surface area contributed by atoms with E-state index in [0.717, 1.165) is 19.6 Å². The summed E-state index contributed by atoms with van der Waals surface area (Å²) in [6.45, 7) is 7.37. The Hall–Kier alpha value is -2.15. The van der Waals surface area contributed by atoms with Gasteiger partial charge in [-0.25, -0.2) is 14.6 Å². The molecule has 7 nitrogen and oxygen atoms in total. The first-order valence-electron chi connectivity index (χ1n) is 6.53. The molecule has 0 aliphatic rings. The van der Waals surface area contributed by atoms with Gasteiger partial charge in [0, 0.05) is 13.1 Å². The quantitative estimate of drug-likeness (QED) is 0.698. The van der Waals surface area contributed by atoms with Crippen LogP contribution >= 0.6 is 0 Å². The van der Waals surface area contributed by atoms with E-state index in [9.17, 15) is 9.59 Å². The van der Waals surface area contributed by atoms with Crippen molar-refractivity contribution in [2.75, 3.05) is 31.5 Å². The number of rotatable bonds is 7. The van der Waals surface area contributed by atoms with Crippen molar-refractivity contribution in [1.82, 2.24) is 15.2 Å². The van der Waals surface area contributed by atoms with Crippen LogP contribution in [0.5, 0.6) is 0 Å². The number of likely N-dealkylation sites (N-methyl/N-ethyl adjacent to an activating group) is 1. The minimum absolute atomic E-state index is 0.0579. The molecule has 0 aliphatic heterocycles. The van der Waals surface area contributed by atoms with Gasteiger partial charge >= 0.3 is 12.0 Å². The molecule has 0 atom stereocenters. The molecular weight excluding hydrogens is 260 g/mol. The molecule has 110 valence electrons. The molecule has 2 amide bonds. The number of nitrogens with one attached hydrogen (secondary N) is 2. The number of carboxylic acid groups (broad SMARTS) is 1. The molecule has 0 saturated heterocycles. The summed E-state index contributed by atoms with van der Waals surface area (Å²) in [5, 5.41) is 14.0. The summed E-state index contributed by atoms with van der Waals surface area (Å²) in [7, 11) is 0. The molecule has 1 aromatic heterocycles. The van der Waals surface area contributed by atoms with Crippen LogP contribution in [-0.4, -0.2) is 53.2 Å². The standard InChI is InChI=1S/C13H20N4O3/c1-3-17(4-2)8-7-14-13(20)16-10-5-6-11(12(18)19)15-9-10/h5-6,9H,3-4,7-8H2,1-2H3,(H,18,19)(H2,14,16,20). The monoisotopic (exact) mass is 280 g/mol. The van der Waals surface area contributed by atoms with Crippen LogP contribution in [0.1, 0.15) is 24.3 Å². The zero-order valence-electron chi connectivity index (χ0n) is 11.7. The fourth-order valence-corrected chi connectivity index (χ4v) is 1.64. The van der Waals surface area contributed by atoms with E-state index in [0.29, 0.717) is 12.2 Å². The number of nitrogens with zero attached hydrogens (tertiary/aromatic N) is 2. The van der Waals surface area contributed by atoms with E-state index in [4.69, 9.17) is 5.11 Å². The number of aromatic carboxylic acids is 1. The molecule has 0 aromatic carbocycles. The van der Waals surface area contributed by atoms with E-state index in [1.165, 1.54) is 18.3 Å². The number of anilines is 1. The molecule has 0 aliphatic carbocycles. The fourth-order valence-electron chi connectivity index (χ4n) is 1.64. The van der Waals surface area contributed by atoms with Crippen molar-refractivity contribution in [2.45, 2.75) is 13.8 Å². The minimum atomic E-state index is -1.10. The third-order valence-corrected chi connectivity index (χ3v) is 2.85. The van der Waals surface area contributed by atoms with Gasteiger partial charge < -0.3 is 20.6 Å². The molecule has 1 aromatic rings. The van der Waals surface area contributed by atoms with E-state index >= 15 is 0 Å². The van der Waals surface area contributed by atoms with Gasteiger partial charge in [0.05, 0.1) is 11.9 Å². The zero-order valence-corrected chi connectivity index (χ0v) is 11.7. The van der Waals surface area contributed by atoms with Gasteiger partial charge in [-0.1, -0.05) is 13.8 Å². The van der Waals surface area contributed by atoms with Gasteiger partial charge in [-0.2, -0.15) is 0 Å². The molecule has 20 heavy (non-hydrogen) atoms. The Morgan fingerprint density at radius 1 is 1.30 bits per heavy atom. The number of hydrogen-bond acceptors (Lipinski definition) is 4. The molecule has 0 spiro atoms. The number of urea groups is 1. The molecular formula is C13H20N4O3. The van der Waals surface area contributed by atoms with Crippen molar-refractivity contribution >= 4 is 17.7 Å². The highest BCUT2D eigenvalue weighted by Gasteiger charge is 2.06. The molecule has 7 heteroatoms. The van der Waals surface area contributed by atoms with Crippen LogP contribution in [0.25, 0.3) is 0 Å². The van der Waals surface area contributed by atoms with Crippen molar-refractivity contribution in [2.24, 2.45) is 0 Å². The Balaban J connectivity index is 2.37. The van der Waals surface area contributed by atoms with E-state index in [-0.39, 0.29) is 11.7 Å². The molecule has 3 N–H and O–H groups in total. The van der Waals surface area contributed by atoms with Crippen LogP contribution < -0.4 is 10.6 Å². The second kappa shape index (κ2) is 8.11. The highest BCUT2D eigenvalue weighted by Crippen LogP contribution is 2.05. The second-order valence-electron chi connectivity index (χ2n) is 4.15. The summed E-state index contributed by atoms with van der Waals surface area (Å²) < 4.78 is 0. The van der Waals surface area contributed by atoms with Crippen molar-refractivity contribution in [3.05, 3.63) is 24.0 Å². The molecule has 1 heterocycles. The lowest BCUT2D eigenvalue weighted by molar-refractivity contribution is 0.0690. The fraction of sp³-hybridized carbons (Fsp3) is 0.462. The summed E-state index contributed by atoms with van der Waals surface area (Å²) in [5.74, 6) is -1.10. The van der Waals surface area contributed by atoms with Gasteiger partial charge in [-0.05, 0) is 25.2 Å². The zero-order chi connectivity index (χ0) is 15.0. The first-order chi connectivity index (χ1) is 9.56. The van der Waals surface area contributed by atoms with Crippen molar-refractivity contribution in [3.63, 3.8) is 0 Å². The number of pyridine rings is 1. The topological polar surface area (TPSA) is 94.6 Å². The number of aromatic nitrogens is 1. The Labute approximate surface area is 118 Å². The summed E-state index contributed by atoms with van der Waals surface area (Å²) >= 11 is 0. The van der Waals surface area contributed by atoms with Crippen LogP contribution in [0.15, 0.2) is 18.3 Å². The van der Waals surface area contributed by atoms with Crippen molar-refractivity contribution in [1.29, 1.82) is 0 Å². The number of amides is 2. The number of carboxylic acids is 1. The molecule has 0 fully saturated rings. The lowest BCUT2D eigenvalue weighted by atomic mass is 10.3. The SMILES string of the molecule is CCN(CC)CCNC(=O)Nc1ccc(C(=O)O)nc1. The Bertz CT molecular complexity index is 443. The summed E-state index contributed by atoms with van der Waals surface area (Å²) in [4.78, 5) is 28.1. The molecule has 0 radical (unpaired) electrons. The van der Waals surface area contributed by atoms with Crippen LogP contribution in [0, 0.1) is 0 Å². The van der Waals surface area contributed by atoms with Gasteiger partial charge in [0.15, 0.2) is 0 Å². The first kappa shape index (κ1) is 15.9. The maximum absolute atomic E-state index is 11.6. The van der Waals surface area contributed by atoms with Gasteiger partial charge in [-0.15, -0.1) is 0 Å². The van der Waals surface area contributed by atoms with Crippen LogP contribution in [0.4, 0.5) is 10.5 Å². The Morgan fingerprint density at radius 3 is 2.50 bits per heavy atom. The third-order valence-electron chi connectivity index (χ3n) is 2.85. The molecule has 1 rings (SSSR count). The van der Waals surface area contributed by atoms with Crippen LogP contribution in [0.3, 0.4) is 0 Å². The van der Waals surface area contributed by atoms with Crippen molar-refractivity contribution in [3.8, 4) is 0 Å². The normalized spacial score (nSPS) is 10.3. The maximum Gasteiger partial charge on any atom is 0.354 e. The third kappa shape index (κ3) is 5.23. The van der Waals surface area contributed by atoms with E-state index in [2.05, 4.69) is 34.4 Å². The largest absolute Gasteiger partial charge is 0.477 e. The minimum Gasteiger partial charge on any atom is -0.477 e. The highest BCUT2D eigenvalue weighted by atomic mass is 16.4. The molecule has 0 saturated carbocycles. The average molecular weight is 280 g/mol. The summed E-state index contributed by atoms with van der Waals surface area (Å²) in [6, 6.07) is 2.51. The maximum atomic E-state index is 11.6. The van der Waals surface area contributed by atoms with Crippen LogP contribution in [-0.2, 0) is 0 Å². The van der Waals surface area contributed by atoms with Gasteiger partial charge in [0.25, 0.3) is 0 Å². The number of hydrogen-bond donors (Lipinski definition) is 3. The van der Waals surface area contributed by atoms with Gasteiger partial charge in [-0.3, -0.25) is 0 Å². The molecule has 0 bridgehead atoms. The number of carbonyl (C=O) groups is 2. The predicted molar refractivity (Wildman–Crippen MR) is 76.0 cm³/mol. The summed E-state index contributed by atoms with van der Waals surface area (Å²) in [6.07, 6.45) is 1.31. The average Bonchev–Trinajstić information content (AvgIpc) is 2.44. The van der Waals surface area contributed by atoms with Crippen molar-refractivity contribution < 1.29 is 14.7 Å². The molecule has 0 unspecified atom stereocenters. The summed E-state index contributed by atoms with van der Waals surface area (Å²) in [5.41, 5.74) is 0.396. The van der Waals surface area contributed by atoms with E-state index in [1.807, 2.05) is 0 Å². The first-order valence-corrected chi connectivity index (χ1v) is 6.53. The lowest BCUT2D eigenvalue weighted by Crippen LogP contribution is -2.36. The van der Waals surface area contributed by atoms with Gasteiger partial charge in [0.1, 0.15) is 5.69 Å². The highest BCUT2D eigenvalue weighted by molar-refractivity contribution is 5.90. The lowest BCUT2D eigenvalue weighted by Gasteiger charge is -2.18. The van der Waals surface area contributed by atoms with Crippen LogP contribution in [0.2, 0.25) is 0 Å². The van der Waals surface area contributed by atoms with E-state index in [1.54, 1.807) is 0 Å². The smallest absolute Gasteiger partial charge is 0.354 e. The Kier molecular flexibility index (Phi) is 6.45.